The van der Waals surface area contributed by atoms with Crippen LogP contribution in [0.4, 0.5) is 0 Å². The van der Waals surface area contributed by atoms with Crippen LogP contribution in [0.15, 0.2) is 0 Å². The highest BCUT2D eigenvalue weighted by molar-refractivity contribution is 5.73. The van der Waals surface area contributed by atoms with E-state index in [1.807, 2.05) is 6.92 Å². The number of hydrogen-bond donors (Lipinski definition) is 0. The Morgan fingerprint density at radius 1 is 0.739 bits per heavy atom. The maximum atomic E-state index is 14.0. The number of hydrogen-bond acceptors (Lipinski definition) is 8. The number of fused-ring (bicyclic) bond motifs is 4. The van der Waals surface area contributed by atoms with Crippen LogP contribution in [0, 0.1) is 29.6 Å². The molecule has 0 N–H and O–H groups in total. The second kappa shape index (κ2) is 17.4. The molecule has 0 unspecified atom stereocenters. The van der Waals surface area contributed by atoms with E-state index in [4.69, 9.17) is 23.7 Å². The molecule has 14 atom stereocenters. The zero-order chi connectivity index (χ0) is 33.5. The lowest BCUT2D eigenvalue weighted by Gasteiger charge is -2.38. The first-order valence-electron chi connectivity index (χ1n) is 19.1. The minimum atomic E-state index is -0.377. The summed E-state index contributed by atoms with van der Waals surface area (Å²) in [6.45, 7) is 14.9. The van der Waals surface area contributed by atoms with Gasteiger partial charge in [-0.1, -0.05) is 54.4 Å². The van der Waals surface area contributed by atoms with Crippen molar-refractivity contribution >= 4 is 11.9 Å². The van der Waals surface area contributed by atoms with Crippen molar-refractivity contribution in [2.45, 2.75) is 187 Å². The lowest BCUT2D eigenvalue weighted by molar-refractivity contribution is -0.178. The number of rotatable bonds is 11. The fourth-order valence-corrected chi connectivity index (χ4v) is 8.93. The van der Waals surface area contributed by atoms with Crippen LogP contribution >= 0.6 is 0 Å². The van der Waals surface area contributed by atoms with Crippen molar-refractivity contribution in [3.63, 3.8) is 0 Å². The number of esters is 2. The zero-order valence-electron chi connectivity index (χ0n) is 30.6. The van der Waals surface area contributed by atoms with Gasteiger partial charge >= 0.3 is 11.9 Å². The molecule has 266 valence electrons. The van der Waals surface area contributed by atoms with Crippen molar-refractivity contribution in [2.24, 2.45) is 29.6 Å². The van der Waals surface area contributed by atoms with Crippen LogP contribution in [0.25, 0.3) is 0 Å². The highest BCUT2D eigenvalue weighted by Gasteiger charge is 2.47. The van der Waals surface area contributed by atoms with E-state index in [1.165, 1.54) is 6.42 Å². The topological polar surface area (TPSA) is 83.5 Å². The Hall–Kier alpha value is -1.22. The lowest BCUT2D eigenvalue weighted by Crippen LogP contribution is -2.45. The normalized spacial score (nSPS) is 40.6. The summed E-state index contributed by atoms with van der Waals surface area (Å²) in [5.74, 6) is -0.908. The molecule has 4 aliphatic rings. The molecule has 4 bridgehead atoms. The summed E-state index contributed by atoms with van der Waals surface area (Å²) < 4.78 is 33.0. The molecule has 4 fully saturated rings. The van der Waals surface area contributed by atoms with Gasteiger partial charge in [0, 0.05) is 23.8 Å². The summed E-state index contributed by atoms with van der Waals surface area (Å²) in [7, 11) is 4.33. The van der Waals surface area contributed by atoms with Crippen LogP contribution in [-0.4, -0.2) is 85.8 Å². The molecule has 0 aromatic heterocycles. The monoisotopic (exact) mass is 649 g/mol. The largest absolute Gasteiger partial charge is 0.462 e. The Labute approximate surface area is 280 Å². The third-order valence-electron chi connectivity index (χ3n) is 12.1. The fraction of sp³-hybridized carbons (Fsp3) is 0.947. The van der Waals surface area contributed by atoms with Crippen LogP contribution in [0.1, 0.15) is 132 Å². The van der Waals surface area contributed by atoms with Crippen molar-refractivity contribution in [1.82, 2.24) is 4.90 Å². The summed E-state index contributed by atoms with van der Waals surface area (Å²) in [5.41, 5.74) is 0. The summed E-state index contributed by atoms with van der Waals surface area (Å²) in [4.78, 5) is 30.0. The number of carbonyl (C=O) groups is 2. The second-order valence-corrected chi connectivity index (χ2v) is 15.4. The van der Waals surface area contributed by atoms with Gasteiger partial charge in [-0.25, -0.2) is 0 Å². The van der Waals surface area contributed by atoms with Crippen molar-refractivity contribution in [2.75, 3.05) is 14.1 Å². The van der Waals surface area contributed by atoms with Gasteiger partial charge in [-0.3, -0.25) is 9.59 Å². The van der Waals surface area contributed by atoms with Crippen LogP contribution in [0.2, 0.25) is 0 Å². The molecule has 8 nitrogen and oxygen atoms in total. The predicted molar refractivity (Wildman–Crippen MR) is 180 cm³/mol. The Balaban J connectivity index is 1.58. The number of cyclic esters (lactones) is 2. The first-order chi connectivity index (χ1) is 22.0. The molecule has 0 aromatic rings. The standard InChI is InChI=1S/C38H67NO7/c1-10-14-26(39(8)9)22-27-16-17-34(42-27)28(12-3)36-24(6)32-20-21-35(44-32)29(13-4)38(41)45-30(15-11-2)23(5)31-18-19-33(43-31)25(7)37(40)46-36/h23-36H,10-22H2,1-9H3/t23-,24+,25+,26-,27-,28+,29-,30-,31+,32+,33-,34+,35-,36+/m1/s1. The average Bonchev–Trinajstić information content (AvgIpc) is 3.81. The molecule has 4 aliphatic heterocycles. The Morgan fingerprint density at radius 2 is 1.39 bits per heavy atom. The van der Waals surface area contributed by atoms with Gasteiger partial charge in [-0.05, 0) is 91.6 Å². The third-order valence-corrected chi connectivity index (χ3v) is 12.1. The maximum Gasteiger partial charge on any atom is 0.311 e. The van der Waals surface area contributed by atoms with Gasteiger partial charge in [0.05, 0.1) is 48.5 Å². The number of ether oxygens (including phenoxy) is 5. The molecule has 4 heterocycles. The summed E-state index contributed by atoms with van der Waals surface area (Å²) >= 11 is 0. The zero-order valence-corrected chi connectivity index (χ0v) is 30.6. The Kier molecular flexibility index (Phi) is 14.3. The number of nitrogens with zero attached hydrogens (tertiary/aromatic N) is 1. The molecule has 0 aliphatic carbocycles. The molecule has 0 saturated carbocycles. The molecular formula is C38H67NO7. The summed E-state index contributed by atoms with van der Waals surface area (Å²) in [6.07, 6.45) is 11.1. The molecular weight excluding hydrogens is 582 g/mol. The summed E-state index contributed by atoms with van der Waals surface area (Å²) in [6, 6.07) is 0.506. The van der Waals surface area contributed by atoms with Crippen LogP contribution in [-0.2, 0) is 33.3 Å². The van der Waals surface area contributed by atoms with Crippen LogP contribution < -0.4 is 0 Å². The van der Waals surface area contributed by atoms with Gasteiger partial charge in [0.2, 0.25) is 0 Å². The van der Waals surface area contributed by atoms with E-state index in [0.29, 0.717) is 12.5 Å². The minimum absolute atomic E-state index is 0.0325. The van der Waals surface area contributed by atoms with E-state index in [9.17, 15) is 9.59 Å². The van der Waals surface area contributed by atoms with Gasteiger partial charge in [0.1, 0.15) is 12.2 Å². The van der Waals surface area contributed by atoms with Gasteiger partial charge in [0.25, 0.3) is 0 Å². The van der Waals surface area contributed by atoms with E-state index < -0.39 is 0 Å². The van der Waals surface area contributed by atoms with E-state index in [0.717, 1.165) is 70.6 Å². The fourth-order valence-electron chi connectivity index (χ4n) is 8.93. The van der Waals surface area contributed by atoms with E-state index in [1.54, 1.807) is 0 Å². The number of carbonyl (C=O) groups excluding carboxylic acids is 2. The molecule has 46 heavy (non-hydrogen) atoms. The summed E-state index contributed by atoms with van der Waals surface area (Å²) in [5, 5.41) is 0. The van der Waals surface area contributed by atoms with Crippen molar-refractivity contribution in [1.29, 1.82) is 0 Å². The highest BCUT2D eigenvalue weighted by atomic mass is 16.6. The molecule has 0 amide bonds. The van der Waals surface area contributed by atoms with Crippen LogP contribution in [0.3, 0.4) is 0 Å². The third kappa shape index (κ3) is 8.87. The molecule has 0 radical (unpaired) electrons. The van der Waals surface area contributed by atoms with E-state index >= 15 is 0 Å². The van der Waals surface area contributed by atoms with Crippen LogP contribution in [0.5, 0.6) is 0 Å². The maximum absolute atomic E-state index is 14.0. The molecule has 0 spiro atoms. The molecule has 4 saturated heterocycles. The second-order valence-electron chi connectivity index (χ2n) is 15.4. The van der Waals surface area contributed by atoms with Gasteiger partial charge < -0.3 is 28.6 Å². The lowest BCUT2D eigenvalue weighted by atomic mass is 9.81. The molecule has 4 rings (SSSR count). The quantitative estimate of drug-likeness (QED) is 0.215. The Morgan fingerprint density at radius 3 is 2.02 bits per heavy atom. The smallest absolute Gasteiger partial charge is 0.311 e. The van der Waals surface area contributed by atoms with Gasteiger partial charge in [-0.2, -0.15) is 0 Å². The van der Waals surface area contributed by atoms with Gasteiger partial charge in [-0.15, -0.1) is 0 Å². The SMILES string of the molecule is CCC[C@H](C[C@H]1CC[C@@H]([C@H](CC)[C@H]2OC(=O)[C@@H](C)[C@H]3CC[C@H](O3)[C@H](C)[C@@H](CCC)OC(=O)[C@H](CC)[C@H]3CC[C@H](O3)[C@@H]2C)O1)N(C)C. The Bertz CT molecular complexity index is 959. The van der Waals surface area contributed by atoms with Crippen molar-refractivity contribution in [3.05, 3.63) is 0 Å². The van der Waals surface area contributed by atoms with Crippen molar-refractivity contribution in [3.8, 4) is 0 Å². The van der Waals surface area contributed by atoms with E-state index in [-0.39, 0.29) is 90.4 Å². The molecule has 0 aromatic carbocycles. The first kappa shape index (κ1) is 37.6. The predicted octanol–water partition coefficient (Wildman–Crippen LogP) is 7.35. The first-order valence-corrected chi connectivity index (χ1v) is 19.1. The molecule has 8 heteroatoms. The van der Waals surface area contributed by atoms with Gasteiger partial charge in [0.15, 0.2) is 0 Å². The minimum Gasteiger partial charge on any atom is -0.462 e. The van der Waals surface area contributed by atoms with Crippen molar-refractivity contribution < 1.29 is 33.3 Å². The van der Waals surface area contributed by atoms with E-state index in [2.05, 4.69) is 60.5 Å². The average molecular weight is 650 g/mol. The highest BCUT2D eigenvalue weighted by Crippen LogP contribution is 2.41.